The van der Waals surface area contributed by atoms with Crippen molar-refractivity contribution >= 4 is 24.1 Å². The van der Waals surface area contributed by atoms with Gasteiger partial charge >= 0.3 is 18.3 Å². The predicted molar refractivity (Wildman–Crippen MR) is 153 cm³/mol. The average Bonchev–Trinajstić information content (AvgIpc) is 3.54. The number of anilines is 1. The Morgan fingerprint density at radius 2 is 1.61 bits per heavy atom. The predicted octanol–water partition coefficient (Wildman–Crippen LogP) is 6.41. The second kappa shape index (κ2) is 12.4. The molecular formula is C30H43N5O6. The van der Waals surface area contributed by atoms with Crippen LogP contribution in [0.4, 0.5) is 20.2 Å². The van der Waals surface area contributed by atoms with Gasteiger partial charge in [0, 0.05) is 25.1 Å². The summed E-state index contributed by atoms with van der Waals surface area (Å²) in [6, 6.07) is 11.4. The fourth-order valence-corrected chi connectivity index (χ4v) is 5.04. The fourth-order valence-electron chi connectivity index (χ4n) is 5.04. The van der Waals surface area contributed by atoms with Gasteiger partial charge in [-0.05, 0) is 79.2 Å². The summed E-state index contributed by atoms with van der Waals surface area (Å²) in [7, 11) is 0. The van der Waals surface area contributed by atoms with Gasteiger partial charge in [0.1, 0.15) is 24.1 Å². The van der Waals surface area contributed by atoms with Crippen LogP contribution in [0.3, 0.4) is 0 Å². The van der Waals surface area contributed by atoms with Crippen LogP contribution in [-0.4, -0.2) is 62.9 Å². The maximum Gasteiger partial charge on any atom is 0.429 e. The number of carbonyl (C=O) groups excluding carboxylic acids is 3. The summed E-state index contributed by atoms with van der Waals surface area (Å²) in [6.45, 7) is 12.4. The van der Waals surface area contributed by atoms with E-state index in [1.807, 2.05) is 57.2 Å². The van der Waals surface area contributed by atoms with Gasteiger partial charge in [-0.25, -0.2) is 29.1 Å². The zero-order valence-corrected chi connectivity index (χ0v) is 25.0. The summed E-state index contributed by atoms with van der Waals surface area (Å²) in [4.78, 5) is 38.4. The molecule has 224 valence electrons. The largest absolute Gasteiger partial charge is 0.445 e. The van der Waals surface area contributed by atoms with Gasteiger partial charge in [0.15, 0.2) is 0 Å². The van der Waals surface area contributed by atoms with Crippen LogP contribution in [0, 0.1) is 0 Å². The lowest BCUT2D eigenvalue weighted by atomic mass is 10.0. The quantitative estimate of drug-likeness (QED) is 0.414. The molecule has 11 heteroatoms. The number of aromatic nitrogens is 2. The van der Waals surface area contributed by atoms with Gasteiger partial charge in [-0.3, -0.25) is 5.32 Å². The van der Waals surface area contributed by atoms with Crippen molar-refractivity contribution in [1.82, 2.24) is 19.8 Å². The first-order valence-electron chi connectivity index (χ1n) is 14.4. The van der Waals surface area contributed by atoms with Crippen molar-refractivity contribution in [1.29, 1.82) is 0 Å². The van der Waals surface area contributed by atoms with Gasteiger partial charge in [0.05, 0.1) is 11.2 Å². The van der Waals surface area contributed by atoms with E-state index in [4.69, 9.17) is 19.3 Å². The zero-order valence-electron chi connectivity index (χ0n) is 25.0. The van der Waals surface area contributed by atoms with Crippen LogP contribution in [0.2, 0.25) is 0 Å². The zero-order chi connectivity index (χ0) is 29.8. The van der Waals surface area contributed by atoms with E-state index in [2.05, 4.69) is 5.32 Å². The Morgan fingerprint density at radius 3 is 2.24 bits per heavy atom. The molecule has 1 aromatic heterocycles. The number of rotatable bonds is 5. The van der Waals surface area contributed by atoms with Gasteiger partial charge in [0.25, 0.3) is 0 Å². The van der Waals surface area contributed by atoms with Crippen molar-refractivity contribution in [3.63, 3.8) is 0 Å². The van der Waals surface area contributed by atoms with E-state index in [1.165, 1.54) is 10.0 Å². The highest BCUT2D eigenvalue weighted by Gasteiger charge is 2.37. The molecule has 3 amide bonds. The number of nitrogens with zero attached hydrogens (tertiary/aromatic N) is 4. The summed E-state index contributed by atoms with van der Waals surface area (Å²) in [5, 5.41) is 10.4. The number of ether oxygens (including phenoxy) is 3. The lowest BCUT2D eigenvalue weighted by Crippen LogP contribution is -2.54. The SMILES string of the molecule is CC(C)(C)OC(=O)N1CCCCN1C(=O)O[C@@H]1CC[C@H](c2cc(NC(=O)OCc3ccccc3)n(C(C)(C)C)n2)C1. The van der Waals surface area contributed by atoms with Crippen molar-refractivity contribution < 1.29 is 28.6 Å². The first-order chi connectivity index (χ1) is 19.3. The number of nitrogens with one attached hydrogen (secondary N) is 1. The maximum absolute atomic E-state index is 13.1. The second-order valence-corrected chi connectivity index (χ2v) is 12.7. The third kappa shape index (κ3) is 8.14. The second-order valence-electron chi connectivity index (χ2n) is 12.7. The standard InChI is InChI=1S/C30H43N5O6/c1-29(2,3)35-25(31-26(36)39-20-21-12-8-7-9-13-21)19-24(32-35)22-14-15-23(18-22)40-27(37)33-16-10-11-17-34(33)28(38)41-30(4,5)6/h7-9,12-13,19,22-23H,10-11,14-18,20H2,1-6H3,(H,31,36)/t22-,23+/m0/s1. The summed E-state index contributed by atoms with van der Waals surface area (Å²) in [6.07, 6.45) is 1.70. The first-order valence-corrected chi connectivity index (χ1v) is 14.4. The van der Waals surface area contributed by atoms with Gasteiger partial charge in [-0.1, -0.05) is 30.3 Å². The number of hydrogen-bond acceptors (Lipinski definition) is 7. The van der Waals surface area contributed by atoms with Crippen LogP contribution < -0.4 is 5.32 Å². The highest BCUT2D eigenvalue weighted by Crippen LogP contribution is 2.38. The third-order valence-corrected chi connectivity index (χ3v) is 6.97. The smallest absolute Gasteiger partial charge is 0.429 e. The maximum atomic E-state index is 13.1. The van der Waals surface area contributed by atoms with E-state index in [1.54, 1.807) is 25.5 Å². The number of benzene rings is 1. The molecule has 2 fully saturated rings. The molecule has 1 saturated heterocycles. The molecule has 0 unspecified atom stereocenters. The van der Waals surface area contributed by atoms with Gasteiger partial charge in [0.2, 0.25) is 0 Å². The molecule has 2 atom stereocenters. The Hall–Kier alpha value is -3.76. The van der Waals surface area contributed by atoms with E-state index in [0.717, 1.165) is 30.5 Å². The van der Waals surface area contributed by atoms with Crippen LogP contribution in [0.1, 0.15) is 90.8 Å². The van der Waals surface area contributed by atoms with E-state index in [0.29, 0.717) is 31.7 Å². The molecule has 4 rings (SSSR count). The minimum absolute atomic E-state index is 0.0561. The van der Waals surface area contributed by atoms with Crippen molar-refractivity contribution in [2.45, 2.75) is 103 Å². The van der Waals surface area contributed by atoms with Crippen LogP contribution in [0.25, 0.3) is 0 Å². The van der Waals surface area contributed by atoms with Crippen molar-refractivity contribution in [3.05, 3.63) is 47.7 Å². The number of amides is 3. The molecule has 1 aromatic carbocycles. The lowest BCUT2D eigenvalue weighted by molar-refractivity contribution is -0.0650. The molecule has 2 heterocycles. The first kappa shape index (κ1) is 30.2. The van der Waals surface area contributed by atoms with E-state index in [-0.39, 0.29) is 24.2 Å². The highest BCUT2D eigenvalue weighted by molar-refractivity contribution is 5.83. The third-order valence-electron chi connectivity index (χ3n) is 6.97. The lowest BCUT2D eigenvalue weighted by Gasteiger charge is -2.38. The van der Waals surface area contributed by atoms with Crippen molar-refractivity contribution in [3.8, 4) is 0 Å². The molecule has 11 nitrogen and oxygen atoms in total. The average molecular weight is 570 g/mol. The molecule has 1 saturated carbocycles. The van der Waals surface area contributed by atoms with Gasteiger partial charge in [-0.15, -0.1) is 0 Å². The van der Waals surface area contributed by atoms with Crippen LogP contribution >= 0.6 is 0 Å². The summed E-state index contributed by atoms with van der Waals surface area (Å²) in [5.74, 6) is 0.605. The molecule has 0 spiro atoms. The van der Waals surface area contributed by atoms with Crippen molar-refractivity contribution in [2.24, 2.45) is 0 Å². The van der Waals surface area contributed by atoms with Crippen LogP contribution in [0.15, 0.2) is 36.4 Å². The van der Waals surface area contributed by atoms with E-state index in [9.17, 15) is 14.4 Å². The Kier molecular flexibility index (Phi) is 9.14. The minimum atomic E-state index is -0.661. The Balaban J connectivity index is 1.38. The topological polar surface area (TPSA) is 115 Å². The minimum Gasteiger partial charge on any atom is -0.445 e. The Bertz CT molecular complexity index is 1220. The van der Waals surface area contributed by atoms with Gasteiger partial charge < -0.3 is 14.2 Å². The fraction of sp³-hybridized carbons (Fsp3) is 0.600. The van der Waals surface area contributed by atoms with E-state index < -0.39 is 23.9 Å². The Morgan fingerprint density at radius 1 is 0.951 bits per heavy atom. The molecule has 2 aliphatic rings. The molecule has 1 aliphatic heterocycles. The van der Waals surface area contributed by atoms with Crippen LogP contribution in [0.5, 0.6) is 0 Å². The molecular weight excluding hydrogens is 526 g/mol. The Labute approximate surface area is 242 Å². The molecule has 0 radical (unpaired) electrons. The molecule has 2 aromatic rings. The van der Waals surface area contributed by atoms with Crippen molar-refractivity contribution in [2.75, 3.05) is 18.4 Å². The number of hydrogen-bond donors (Lipinski definition) is 1. The molecule has 0 bridgehead atoms. The summed E-state index contributed by atoms with van der Waals surface area (Å²) < 4.78 is 18.6. The van der Waals surface area contributed by atoms with Crippen LogP contribution in [-0.2, 0) is 26.4 Å². The summed E-state index contributed by atoms with van der Waals surface area (Å²) >= 11 is 0. The molecule has 1 N–H and O–H groups in total. The van der Waals surface area contributed by atoms with E-state index >= 15 is 0 Å². The number of hydrazine groups is 1. The number of carbonyl (C=O) groups is 3. The summed E-state index contributed by atoms with van der Waals surface area (Å²) in [5.41, 5.74) is 0.679. The molecule has 41 heavy (non-hydrogen) atoms. The highest BCUT2D eigenvalue weighted by atomic mass is 16.6. The normalized spacial score (nSPS) is 19.6. The monoisotopic (exact) mass is 569 g/mol. The van der Waals surface area contributed by atoms with Gasteiger partial charge in [-0.2, -0.15) is 5.10 Å². The molecule has 1 aliphatic carbocycles.